The van der Waals surface area contributed by atoms with Crippen molar-refractivity contribution in [1.82, 2.24) is 4.90 Å². The lowest BCUT2D eigenvalue weighted by molar-refractivity contribution is -0.144. The van der Waals surface area contributed by atoms with Crippen molar-refractivity contribution in [2.45, 2.75) is 36.6 Å². The molecule has 1 saturated heterocycles. The Balaban J connectivity index is 1.38. The predicted molar refractivity (Wildman–Crippen MR) is 157 cm³/mol. The molecule has 2 atom stereocenters. The molecule has 0 spiro atoms. The van der Waals surface area contributed by atoms with E-state index < -0.39 is 21.7 Å². The van der Waals surface area contributed by atoms with Crippen molar-refractivity contribution in [3.8, 4) is 16.9 Å². The van der Waals surface area contributed by atoms with Crippen LogP contribution in [0.4, 0.5) is 0 Å². The van der Waals surface area contributed by atoms with E-state index in [1.165, 1.54) is 13.4 Å². The molecule has 216 valence electrons. The molecule has 1 aliphatic heterocycles. The number of amides is 1. The second-order valence-corrected chi connectivity index (χ2v) is 12.3. The Morgan fingerprint density at radius 3 is 2.17 bits per heavy atom. The van der Waals surface area contributed by atoms with E-state index in [1.807, 2.05) is 48.5 Å². The summed E-state index contributed by atoms with van der Waals surface area (Å²) in [6, 6.07) is 21.7. The minimum Gasteiger partial charge on any atom is -0.491 e. The molecule has 4 rings (SSSR count). The molecule has 1 heterocycles. The number of aryl methyl sites for hydroxylation is 1. The van der Waals surface area contributed by atoms with Crippen LogP contribution in [-0.4, -0.2) is 63.6 Å². The fourth-order valence-corrected chi connectivity index (χ4v) is 5.64. The molecule has 0 saturated carbocycles. The van der Waals surface area contributed by atoms with Crippen molar-refractivity contribution in [3.63, 3.8) is 0 Å². The third-order valence-corrected chi connectivity index (χ3v) is 8.44. The van der Waals surface area contributed by atoms with Gasteiger partial charge in [0.25, 0.3) is 0 Å². The second kappa shape index (κ2) is 13.0. The highest BCUT2D eigenvalue weighted by molar-refractivity contribution is 7.90. The molecule has 0 aromatic heterocycles. The van der Waals surface area contributed by atoms with Crippen LogP contribution in [0.3, 0.4) is 0 Å². The van der Waals surface area contributed by atoms with Crippen LogP contribution in [0.1, 0.15) is 30.4 Å². The van der Waals surface area contributed by atoms with Crippen LogP contribution in [0.5, 0.6) is 5.75 Å². The molecule has 1 aliphatic rings. The normalized spacial score (nSPS) is 16.9. The maximum absolute atomic E-state index is 13.2. The largest absolute Gasteiger partial charge is 0.491 e. The Morgan fingerprint density at radius 2 is 1.61 bits per heavy atom. The number of sulfone groups is 1. The molecule has 3 N–H and O–H groups in total. The Labute approximate surface area is 240 Å². The van der Waals surface area contributed by atoms with Gasteiger partial charge in [-0.3, -0.25) is 15.0 Å². The molecule has 1 fully saturated rings. The second-order valence-electron chi connectivity index (χ2n) is 10.2. The first-order valence-electron chi connectivity index (χ1n) is 13.4. The molecule has 41 heavy (non-hydrogen) atoms. The highest BCUT2D eigenvalue weighted by Crippen LogP contribution is 2.30. The maximum atomic E-state index is 13.2. The van der Waals surface area contributed by atoms with Gasteiger partial charge >= 0.3 is 5.97 Å². The third kappa shape index (κ3) is 7.73. The van der Waals surface area contributed by atoms with Gasteiger partial charge in [-0.05, 0) is 60.2 Å². The van der Waals surface area contributed by atoms with E-state index in [0.717, 1.165) is 16.7 Å². The molecule has 3 aromatic rings. The third-order valence-electron chi connectivity index (χ3n) is 7.31. The number of rotatable bonds is 12. The lowest BCUT2D eigenvalue weighted by Crippen LogP contribution is -2.38. The fourth-order valence-electron chi connectivity index (χ4n) is 5.01. The van der Waals surface area contributed by atoms with Crippen molar-refractivity contribution in [1.29, 1.82) is 5.41 Å². The number of esters is 1. The fraction of sp³-hybridized carbons (Fsp3) is 0.323. The van der Waals surface area contributed by atoms with Crippen LogP contribution in [0, 0.1) is 11.3 Å². The number of carbonyl (C=O) groups is 2. The SMILES string of the molecule is COC(=O)C[C@@H]1C[C@@H](COc2ccc(-c3ccc(C(=N)N)cc3)cc2)N(CCCc2ccc(S(C)(=O)=O)cc2)C1=O. The van der Waals surface area contributed by atoms with E-state index in [1.54, 1.807) is 29.2 Å². The van der Waals surface area contributed by atoms with Gasteiger partial charge in [0.15, 0.2) is 9.84 Å². The number of nitrogens with one attached hydrogen (secondary N) is 1. The molecule has 10 heteroatoms. The molecule has 0 aliphatic carbocycles. The van der Waals surface area contributed by atoms with Gasteiger partial charge in [0.1, 0.15) is 18.2 Å². The van der Waals surface area contributed by atoms with Gasteiger partial charge in [-0.1, -0.05) is 48.5 Å². The van der Waals surface area contributed by atoms with Crippen molar-refractivity contribution in [3.05, 3.63) is 83.9 Å². The number of methoxy groups -OCH3 is 1. The quantitative estimate of drug-likeness (QED) is 0.189. The lowest BCUT2D eigenvalue weighted by Gasteiger charge is -2.25. The molecular formula is C31H35N3O6S. The summed E-state index contributed by atoms with van der Waals surface area (Å²) in [6.45, 7) is 0.784. The maximum Gasteiger partial charge on any atom is 0.306 e. The zero-order valence-corrected chi connectivity index (χ0v) is 24.0. The van der Waals surface area contributed by atoms with Gasteiger partial charge in [-0.15, -0.1) is 0 Å². The Hall–Kier alpha value is -4.18. The zero-order valence-electron chi connectivity index (χ0n) is 23.2. The van der Waals surface area contributed by atoms with Gasteiger partial charge in [-0.2, -0.15) is 0 Å². The molecule has 3 aromatic carbocycles. The summed E-state index contributed by atoms with van der Waals surface area (Å²) in [4.78, 5) is 27.2. The van der Waals surface area contributed by atoms with Crippen LogP contribution < -0.4 is 10.5 Å². The monoisotopic (exact) mass is 577 g/mol. The highest BCUT2D eigenvalue weighted by atomic mass is 32.2. The average molecular weight is 578 g/mol. The minimum atomic E-state index is -3.25. The first-order chi connectivity index (χ1) is 19.5. The Morgan fingerprint density at radius 1 is 1.00 bits per heavy atom. The van der Waals surface area contributed by atoms with E-state index in [9.17, 15) is 18.0 Å². The standard InChI is InChI=1S/C31H35N3O6S/c1-39-29(35)19-25-18-26(34(31(25)36)17-3-4-21-5-15-28(16-6-21)41(2,37)38)20-40-27-13-11-23(12-14-27)22-7-9-24(10-8-22)30(32)33/h5-16,25-26H,3-4,17-20H2,1-2H3,(H3,32,33)/t25-,26-/m0/s1. The molecule has 0 unspecified atom stereocenters. The van der Waals surface area contributed by atoms with Crippen molar-refractivity contribution in [2.75, 3.05) is 26.5 Å². The summed E-state index contributed by atoms with van der Waals surface area (Å²) >= 11 is 0. The topological polar surface area (TPSA) is 140 Å². The number of hydrogen-bond donors (Lipinski definition) is 2. The number of carbonyl (C=O) groups excluding carboxylic acids is 2. The minimum absolute atomic E-state index is 0.0248. The van der Waals surface area contributed by atoms with Gasteiger partial charge in [-0.25, -0.2) is 8.42 Å². The average Bonchev–Trinajstić information content (AvgIpc) is 3.25. The Kier molecular flexibility index (Phi) is 9.44. The molecular weight excluding hydrogens is 542 g/mol. The number of likely N-dealkylation sites (tertiary alicyclic amines) is 1. The number of nitrogens with two attached hydrogens (primary N) is 1. The summed E-state index contributed by atoms with van der Waals surface area (Å²) in [5.74, 6) is -0.255. The summed E-state index contributed by atoms with van der Waals surface area (Å²) in [7, 11) is -1.94. The number of ether oxygens (including phenoxy) is 2. The number of nitrogens with zero attached hydrogens (tertiary/aromatic N) is 1. The highest BCUT2D eigenvalue weighted by Gasteiger charge is 2.40. The lowest BCUT2D eigenvalue weighted by atomic mass is 10.0. The molecule has 1 amide bonds. The summed E-state index contributed by atoms with van der Waals surface area (Å²) in [5, 5.41) is 7.54. The summed E-state index contributed by atoms with van der Waals surface area (Å²) in [5.41, 5.74) is 9.17. The number of nitrogen functional groups attached to an aromatic ring is 1. The first kappa shape index (κ1) is 29.8. The van der Waals surface area contributed by atoms with Gasteiger partial charge in [0.2, 0.25) is 5.91 Å². The van der Waals surface area contributed by atoms with Crippen LogP contribution in [0.2, 0.25) is 0 Å². The Bertz CT molecular complexity index is 1490. The zero-order chi connectivity index (χ0) is 29.6. The number of benzene rings is 3. The predicted octanol–water partition coefficient (Wildman–Crippen LogP) is 3.83. The number of amidine groups is 1. The van der Waals surface area contributed by atoms with E-state index in [4.69, 9.17) is 20.6 Å². The van der Waals surface area contributed by atoms with Gasteiger partial charge < -0.3 is 20.1 Å². The van der Waals surface area contributed by atoms with Gasteiger partial charge in [0.05, 0.1) is 30.4 Å². The van der Waals surface area contributed by atoms with E-state index >= 15 is 0 Å². The van der Waals surface area contributed by atoms with Crippen LogP contribution in [0.25, 0.3) is 11.1 Å². The van der Waals surface area contributed by atoms with Crippen LogP contribution in [-0.2, 0) is 30.6 Å². The van der Waals surface area contributed by atoms with Crippen LogP contribution in [0.15, 0.2) is 77.7 Å². The summed E-state index contributed by atoms with van der Waals surface area (Å²) in [6.07, 6.45) is 3.07. The van der Waals surface area contributed by atoms with Crippen molar-refractivity contribution in [2.24, 2.45) is 11.7 Å². The van der Waals surface area contributed by atoms with E-state index in [0.29, 0.717) is 43.7 Å². The molecule has 0 bridgehead atoms. The molecule has 0 radical (unpaired) electrons. The van der Waals surface area contributed by atoms with E-state index in [-0.39, 0.29) is 29.1 Å². The van der Waals surface area contributed by atoms with Crippen molar-refractivity contribution >= 4 is 27.5 Å². The van der Waals surface area contributed by atoms with Crippen molar-refractivity contribution < 1.29 is 27.5 Å². The van der Waals surface area contributed by atoms with Crippen LogP contribution >= 0.6 is 0 Å². The first-order valence-corrected chi connectivity index (χ1v) is 15.3. The molecule has 9 nitrogen and oxygen atoms in total. The van der Waals surface area contributed by atoms with E-state index in [2.05, 4.69) is 0 Å². The number of hydrogen-bond acceptors (Lipinski definition) is 7. The smallest absolute Gasteiger partial charge is 0.306 e. The van der Waals surface area contributed by atoms with Gasteiger partial charge in [0, 0.05) is 18.4 Å². The summed E-state index contributed by atoms with van der Waals surface area (Å²) < 4.78 is 34.3.